The number of carboxylic acid groups (broad SMARTS) is 1. The van der Waals surface area contributed by atoms with Gasteiger partial charge in [-0.05, 0) is 31.8 Å². The van der Waals surface area contributed by atoms with E-state index in [-0.39, 0.29) is 6.42 Å². The van der Waals surface area contributed by atoms with Gasteiger partial charge in [0.2, 0.25) is 0 Å². The number of piperidine rings is 1. The summed E-state index contributed by atoms with van der Waals surface area (Å²) in [6.07, 6.45) is 2.17. The minimum absolute atomic E-state index is 0.287. The number of likely N-dealkylation sites (tertiary alicyclic amines) is 1. The summed E-state index contributed by atoms with van der Waals surface area (Å²) in [7, 11) is 1.62. The molecule has 6 heteroatoms. The number of carbonyl (C=O) groups is 1. The smallest absolute Gasteiger partial charge is 0.303 e. The van der Waals surface area contributed by atoms with Crippen molar-refractivity contribution in [2.45, 2.75) is 32.4 Å². The number of hydrogen-bond donors (Lipinski definition) is 1. The van der Waals surface area contributed by atoms with E-state index in [2.05, 4.69) is 10.1 Å². The molecular weight excluding hydrogens is 248 g/mol. The standard InChI is InChI=1S/C13H20N2O4/c1-18-9-12-7-11(14-19-12)8-15-4-2-10(3-5-15)6-13(16)17/h7,10H,2-6,8-9H2,1H3,(H,16,17). The number of ether oxygens (including phenoxy) is 1. The van der Waals surface area contributed by atoms with E-state index in [4.69, 9.17) is 14.4 Å². The highest BCUT2D eigenvalue weighted by molar-refractivity contribution is 5.67. The van der Waals surface area contributed by atoms with Gasteiger partial charge in [0, 0.05) is 26.1 Å². The summed E-state index contributed by atoms with van der Waals surface area (Å²) in [4.78, 5) is 12.9. The second kappa shape index (κ2) is 6.68. The minimum atomic E-state index is -0.695. The lowest BCUT2D eigenvalue weighted by Crippen LogP contribution is -2.34. The lowest BCUT2D eigenvalue weighted by Gasteiger charge is -2.30. The maximum atomic E-state index is 10.7. The second-order valence-corrected chi connectivity index (χ2v) is 5.03. The van der Waals surface area contributed by atoms with Crippen LogP contribution in [0.3, 0.4) is 0 Å². The van der Waals surface area contributed by atoms with Crippen LogP contribution in [0.2, 0.25) is 0 Å². The average Bonchev–Trinajstić information content (AvgIpc) is 2.79. The first-order chi connectivity index (χ1) is 9.17. The van der Waals surface area contributed by atoms with Crippen molar-refractivity contribution in [1.82, 2.24) is 10.1 Å². The molecule has 0 spiro atoms. The van der Waals surface area contributed by atoms with Gasteiger partial charge in [-0.3, -0.25) is 9.69 Å². The van der Waals surface area contributed by atoms with Gasteiger partial charge in [0.25, 0.3) is 0 Å². The zero-order valence-electron chi connectivity index (χ0n) is 11.2. The van der Waals surface area contributed by atoms with Crippen LogP contribution >= 0.6 is 0 Å². The monoisotopic (exact) mass is 268 g/mol. The number of nitrogens with zero attached hydrogens (tertiary/aromatic N) is 2. The Morgan fingerprint density at radius 2 is 2.32 bits per heavy atom. The van der Waals surface area contributed by atoms with Crippen molar-refractivity contribution < 1.29 is 19.2 Å². The molecule has 1 N–H and O–H groups in total. The summed E-state index contributed by atoms with van der Waals surface area (Å²) in [6, 6.07) is 1.91. The molecule has 1 aliphatic heterocycles. The molecule has 0 bridgehead atoms. The quantitative estimate of drug-likeness (QED) is 0.842. The third kappa shape index (κ3) is 4.33. The average molecular weight is 268 g/mol. The molecule has 0 amide bonds. The number of hydrogen-bond acceptors (Lipinski definition) is 5. The predicted molar refractivity (Wildman–Crippen MR) is 67.5 cm³/mol. The molecule has 106 valence electrons. The normalized spacial score (nSPS) is 17.7. The van der Waals surface area contributed by atoms with Crippen LogP contribution in [-0.2, 0) is 22.7 Å². The first-order valence-electron chi connectivity index (χ1n) is 6.55. The first kappa shape index (κ1) is 14.0. The fourth-order valence-electron chi connectivity index (χ4n) is 2.47. The lowest BCUT2D eigenvalue weighted by molar-refractivity contribution is -0.138. The van der Waals surface area contributed by atoms with E-state index in [0.29, 0.717) is 12.5 Å². The summed E-state index contributed by atoms with van der Waals surface area (Å²) < 4.78 is 10.1. The van der Waals surface area contributed by atoms with Gasteiger partial charge in [-0.2, -0.15) is 0 Å². The molecule has 19 heavy (non-hydrogen) atoms. The van der Waals surface area contributed by atoms with E-state index in [1.165, 1.54) is 0 Å². The summed E-state index contributed by atoms with van der Waals surface area (Å²) >= 11 is 0. The highest BCUT2D eigenvalue weighted by Gasteiger charge is 2.21. The van der Waals surface area contributed by atoms with Crippen molar-refractivity contribution in [3.05, 3.63) is 17.5 Å². The molecule has 2 rings (SSSR count). The lowest BCUT2D eigenvalue weighted by atomic mass is 9.93. The number of aromatic nitrogens is 1. The number of methoxy groups -OCH3 is 1. The Morgan fingerprint density at radius 1 is 1.58 bits per heavy atom. The SMILES string of the molecule is COCc1cc(CN2CCC(CC(=O)O)CC2)no1. The topological polar surface area (TPSA) is 75.8 Å². The predicted octanol–water partition coefficient (Wildman–Crippen LogP) is 1.51. The van der Waals surface area contributed by atoms with Crippen LogP contribution in [-0.4, -0.2) is 41.3 Å². The Hall–Kier alpha value is -1.40. The van der Waals surface area contributed by atoms with Crippen LogP contribution in [0.5, 0.6) is 0 Å². The highest BCUT2D eigenvalue weighted by atomic mass is 16.5. The van der Waals surface area contributed by atoms with Gasteiger partial charge in [-0.25, -0.2) is 0 Å². The van der Waals surface area contributed by atoms with Crippen molar-refractivity contribution in [2.24, 2.45) is 5.92 Å². The molecule has 1 aromatic heterocycles. The second-order valence-electron chi connectivity index (χ2n) is 5.03. The van der Waals surface area contributed by atoms with Crippen molar-refractivity contribution in [3.63, 3.8) is 0 Å². The fraction of sp³-hybridized carbons (Fsp3) is 0.692. The molecule has 0 atom stereocenters. The van der Waals surface area contributed by atoms with E-state index in [1.54, 1.807) is 7.11 Å². The molecule has 1 aliphatic rings. The number of rotatable bonds is 6. The summed E-state index contributed by atoms with van der Waals surface area (Å²) in [6.45, 7) is 3.04. The first-order valence-corrected chi connectivity index (χ1v) is 6.55. The largest absolute Gasteiger partial charge is 0.481 e. The minimum Gasteiger partial charge on any atom is -0.481 e. The van der Waals surface area contributed by atoms with Crippen molar-refractivity contribution in [2.75, 3.05) is 20.2 Å². The molecule has 0 radical (unpaired) electrons. The Balaban J connectivity index is 1.76. The van der Waals surface area contributed by atoms with Crippen molar-refractivity contribution in [3.8, 4) is 0 Å². The van der Waals surface area contributed by atoms with Crippen LogP contribution in [0.25, 0.3) is 0 Å². The van der Waals surface area contributed by atoms with E-state index >= 15 is 0 Å². The maximum absolute atomic E-state index is 10.7. The fourth-order valence-corrected chi connectivity index (χ4v) is 2.47. The number of aliphatic carboxylic acids is 1. The number of carboxylic acids is 1. The Morgan fingerprint density at radius 3 is 2.95 bits per heavy atom. The molecule has 0 saturated carbocycles. The molecule has 1 aromatic rings. The van der Waals surface area contributed by atoms with Gasteiger partial charge in [-0.15, -0.1) is 0 Å². The Labute approximate surface area is 112 Å². The summed E-state index contributed by atoms with van der Waals surface area (Å²) in [5, 5.41) is 12.8. The molecule has 0 unspecified atom stereocenters. The van der Waals surface area contributed by atoms with Crippen LogP contribution in [0.15, 0.2) is 10.6 Å². The van der Waals surface area contributed by atoms with E-state index < -0.39 is 5.97 Å². The third-order valence-corrected chi connectivity index (χ3v) is 3.45. The van der Waals surface area contributed by atoms with Gasteiger partial charge < -0.3 is 14.4 Å². The summed E-state index contributed by atoms with van der Waals surface area (Å²) in [5.74, 6) is 0.354. The van der Waals surface area contributed by atoms with Crippen LogP contribution in [0.4, 0.5) is 0 Å². The molecular formula is C13H20N2O4. The van der Waals surface area contributed by atoms with Gasteiger partial charge in [-0.1, -0.05) is 5.16 Å². The zero-order valence-corrected chi connectivity index (χ0v) is 11.2. The van der Waals surface area contributed by atoms with Crippen LogP contribution < -0.4 is 0 Å². The van der Waals surface area contributed by atoms with Gasteiger partial charge in [0.1, 0.15) is 6.61 Å². The third-order valence-electron chi connectivity index (χ3n) is 3.45. The Kier molecular flexibility index (Phi) is 4.93. The molecule has 0 aliphatic carbocycles. The van der Waals surface area contributed by atoms with Gasteiger partial charge in [0.15, 0.2) is 5.76 Å². The Bertz CT molecular complexity index is 411. The van der Waals surface area contributed by atoms with Gasteiger partial charge in [0.05, 0.1) is 5.69 Å². The summed E-state index contributed by atoms with van der Waals surface area (Å²) in [5.41, 5.74) is 0.906. The van der Waals surface area contributed by atoms with Crippen molar-refractivity contribution >= 4 is 5.97 Å². The maximum Gasteiger partial charge on any atom is 0.303 e. The molecule has 6 nitrogen and oxygen atoms in total. The zero-order chi connectivity index (χ0) is 13.7. The van der Waals surface area contributed by atoms with E-state index in [9.17, 15) is 4.79 Å². The van der Waals surface area contributed by atoms with E-state index in [1.807, 2.05) is 6.07 Å². The van der Waals surface area contributed by atoms with Gasteiger partial charge >= 0.3 is 5.97 Å². The molecule has 1 saturated heterocycles. The molecule has 0 aromatic carbocycles. The van der Waals surface area contributed by atoms with Crippen LogP contribution in [0, 0.1) is 5.92 Å². The van der Waals surface area contributed by atoms with Crippen LogP contribution in [0.1, 0.15) is 30.7 Å². The van der Waals surface area contributed by atoms with E-state index in [0.717, 1.165) is 43.9 Å². The molecule has 1 fully saturated rings. The highest BCUT2D eigenvalue weighted by Crippen LogP contribution is 2.21. The molecule has 2 heterocycles. The van der Waals surface area contributed by atoms with Crippen molar-refractivity contribution in [1.29, 1.82) is 0 Å².